The fraction of sp³-hybridized carbons (Fsp3) is 0.242. The van der Waals surface area contributed by atoms with Gasteiger partial charge in [-0.3, -0.25) is 4.79 Å². The smallest absolute Gasteiger partial charge is 0.360 e. The molecule has 3 aromatic carbocycles. The Hall–Kier alpha value is -5.89. The van der Waals surface area contributed by atoms with E-state index in [2.05, 4.69) is 10.3 Å². The molecule has 0 spiro atoms. The Balaban J connectivity index is 1.56. The van der Waals surface area contributed by atoms with E-state index in [1.165, 1.54) is 24.3 Å². The highest BCUT2D eigenvalue weighted by atomic mass is 16.7. The third kappa shape index (κ3) is 7.50. The topological polar surface area (TPSA) is 171 Å². The summed E-state index contributed by atoms with van der Waals surface area (Å²) >= 11 is 0. The molecule has 4 aromatic rings. The van der Waals surface area contributed by atoms with Crippen LogP contribution in [0.25, 0.3) is 0 Å². The monoisotopic (exact) mass is 643 g/mol. The molecule has 0 aliphatic carbocycles. The van der Waals surface area contributed by atoms with Crippen molar-refractivity contribution in [2.75, 3.05) is 20.8 Å². The summed E-state index contributed by atoms with van der Waals surface area (Å²) in [7, 11) is 2.27. The number of nitrogens with zero attached hydrogens (tertiary/aromatic N) is 3. The summed E-state index contributed by atoms with van der Waals surface area (Å²) in [5.74, 6) is -3.96. The van der Waals surface area contributed by atoms with E-state index in [4.69, 9.17) is 28.4 Å². The van der Waals surface area contributed by atoms with Crippen LogP contribution in [0.2, 0.25) is 0 Å². The van der Waals surface area contributed by atoms with Crippen molar-refractivity contribution < 1.29 is 52.4 Å². The zero-order valence-electron chi connectivity index (χ0n) is 25.2. The van der Waals surface area contributed by atoms with Crippen LogP contribution in [0.3, 0.4) is 0 Å². The molecule has 0 saturated carbocycles. The fourth-order valence-electron chi connectivity index (χ4n) is 4.80. The van der Waals surface area contributed by atoms with E-state index in [-0.39, 0.29) is 28.1 Å². The number of hydrogen-bond donors (Lipinski definition) is 0. The van der Waals surface area contributed by atoms with E-state index < -0.39 is 67.4 Å². The van der Waals surface area contributed by atoms with Crippen LogP contribution in [-0.2, 0) is 39.6 Å². The predicted molar refractivity (Wildman–Crippen MR) is 159 cm³/mol. The average Bonchev–Trinajstić information content (AvgIpc) is 3.67. The Labute approximate surface area is 268 Å². The van der Waals surface area contributed by atoms with Crippen molar-refractivity contribution in [3.8, 4) is 0 Å². The quantitative estimate of drug-likeness (QED) is 0.173. The first-order chi connectivity index (χ1) is 22.8. The summed E-state index contributed by atoms with van der Waals surface area (Å²) in [6.07, 6.45) is -6.03. The summed E-state index contributed by atoms with van der Waals surface area (Å²) in [5.41, 5.74) is 0.188. The van der Waals surface area contributed by atoms with Gasteiger partial charge < -0.3 is 28.4 Å². The molecular formula is C33H29N3O11. The van der Waals surface area contributed by atoms with Crippen LogP contribution >= 0.6 is 0 Å². The van der Waals surface area contributed by atoms with Crippen LogP contribution in [0.1, 0.15) is 53.5 Å². The van der Waals surface area contributed by atoms with Crippen LogP contribution < -0.4 is 0 Å². The van der Waals surface area contributed by atoms with Crippen molar-refractivity contribution in [3.63, 3.8) is 0 Å². The number of benzene rings is 3. The van der Waals surface area contributed by atoms with Gasteiger partial charge in [0.15, 0.2) is 24.1 Å². The van der Waals surface area contributed by atoms with Gasteiger partial charge in [0.25, 0.3) is 0 Å². The first kappa shape index (κ1) is 32.5. The molecule has 1 saturated heterocycles. The molecule has 14 heteroatoms. The molecule has 5 rings (SSSR count). The molecule has 1 aliphatic rings. The summed E-state index contributed by atoms with van der Waals surface area (Å²) in [4.78, 5) is 64.6. The molecule has 0 radical (unpaired) electrons. The van der Waals surface area contributed by atoms with Gasteiger partial charge in [-0.1, -0.05) is 59.8 Å². The maximum Gasteiger partial charge on any atom is 0.360 e. The Morgan fingerprint density at radius 2 is 1.19 bits per heavy atom. The zero-order valence-corrected chi connectivity index (χ0v) is 25.2. The Morgan fingerprint density at radius 1 is 0.681 bits per heavy atom. The molecule has 0 bridgehead atoms. The van der Waals surface area contributed by atoms with Crippen LogP contribution in [0.4, 0.5) is 0 Å². The maximum absolute atomic E-state index is 13.4. The van der Waals surface area contributed by atoms with Crippen LogP contribution in [0.15, 0.2) is 91.0 Å². The van der Waals surface area contributed by atoms with E-state index in [9.17, 15) is 24.0 Å². The highest BCUT2D eigenvalue weighted by molar-refractivity contribution is 5.91. The molecule has 1 aromatic heterocycles. The Morgan fingerprint density at radius 3 is 1.70 bits per heavy atom. The Bertz CT molecular complexity index is 1730. The largest absolute Gasteiger partial charge is 0.469 e. The number of methoxy groups -OCH3 is 2. The van der Waals surface area contributed by atoms with Gasteiger partial charge in [0.05, 0.1) is 43.0 Å². The van der Waals surface area contributed by atoms with Gasteiger partial charge in [-0.05, 0) is 36.4 Å². The number of carbonyl (C=O) groups excluding carboxylic acids is 5. The number of ether oxygens (including phenoxy) is 6. The molecule has 0 unspecified atom stereocenters. The molecule has 2 heterocycles. The number of hydrogen-bond acceptors (Lipinski definition) is 13. The minimum Gasteiger partial charge on any atom is -0.469 e. The Kier molecular flexibility index (Phi) is 10.3. The number of rotatable bonds is 11. The molecule has 0 amide bonds. The lowest BCUT2D eigenvalue weighted by Gasteiger charge is -2.25. The highest BCUT2D eigenvalue weighted by Gasteiger charge is 2.53. The second-order valence-electron chi connectivity index (χ2n) is 10.1. The first-order valence-electron chi connectivity index (χ1n) is 14.3. The SMILES string of the molecule is COC(=O)Cc1c(C(=O)OC)nnn1[C@@H]1O[C@H](COC(=O)c2ccccc2)[C@@H](OC(=O)c2ccccc2)[C@H]1OC(=O)c1ccccc1. The summed E-state index contributed by atoms with van der Waals surface area (Å²) in [6, 6.07) is 24.2. The van der Waals surface area contributed by atoms with E-state index in [1.54, 1.807) is 66.7 Å². The number of carbonyl (C=O) groups is 5. The third-order valence-corrected chi connectivity index (χ3v) is 7.13. The third-order valence-electron chi connectivity index (χ3n) is 7.13. The van der Waals surface area contributed by atoms with Crippen molar-refractivity contribution in [3.05, 3.63) is 119 Å². The fourth-order valence-corrected chi connectivity index (χ4v) is 4.80. The van der Waals surface area contributed by atoms with Crippen LogP contribution in [-0.4, -0.2) is 84.0 Å². The van der Waals surface area contributed by atoms with Crippen molar-refractivity contribution in [1.29, 1.82) is 0 Å². The predicted octanol–water partition coefficient (Wildman–Crippen LogP) is 2.99. The van der Waals surface area contributed by atoms with E-state index in [0.29, 0.717) is 0 Å². The summed E-state index contributed by atoms with van der Waals surface area (Å²) < 4.78 is 34.2. The van der Waals surface area contributed by atoms with Crippen molar-refractivity contribution in [2.24, 2.45) is 0 Å². The molecule has 14 nitrogen and oxygen atoms in total. The minimum atomic E-state index is -1.46. The van der Waals surface area contributed by atoms with Gasteiger partial charge >= 0.3 is 29.8 Å². The van der Waals surface area contributed by atoms with E-state index in [1.807, 2.05) is 0 Å². The lowest BCUT2D eigenvalue weighted by Crippen LogP contribution is -2.41. The summed E-state index contributed by atoms with van der Waals surface area (Å²) in [5, 5.41) is 7.91. The van der Waals surface area contributed by atoms with Crippen molar-refractivity contribution >= 4 is 29.8 Å². The highest BCUT2D eigenvalue weighted by Crippen LogP contribution is 2.36. The van der Waals surface area contributed by atoms with Crippen LogP contribution in [0.5, 0.6) is 0 Å². The number of esters is 5. The second-order valence-corrected chi connectivity index (χ2v) is 10.1. The van der Waals surface area contributed by atoms with Crippen LogP contribution in [0, 0.1) is 0 Å². The van der Waals surface area contributed by atoms with E-state index in [0.717, 1.165) is 18.9 Å². The molecular weight excluding hydrogens is 614 g/mol. The van der Waals surface area contributed by atoms with Crippen molar-refractivity contribution in [2.45, 2.75) is 31.0 Å². The number of aromatic nitrogens is 3. The molecule has 47 heavy (non-hydrogen) atoms. The minimum absolute atomic E-state index is 0.0930. The van der Waals surface area contributed by atoms with Gasteiger partial charge in [-0.2, -0.15) is 0 Å². The lowest BCUT2D eigenvalue weighted by atomic mass is 10.1. The lowest BCUT2D eigenvalue weighted by molar-refractivity contribution is -0.140. The zero-order chi connectivity index (χ0) is 33.3. The first-order valence-corrected chi connectivity index (χ1v) is 14.3. The second kappa shape index (κ2) is 14.9. The van der Waals surface area contributed by atoms with Gasteiger partial charge in [0.2, 0.25) is 0 Å². The molecule has 1 fully saturated rings. The van der Waals surface area contributed by atoms with Gasteiger partial charge in [0.1, 0.15) is 12.7 Å². The van der Waals surface area contributed by atoms with Gasteiger partial charge in [0, 0.05) is 0 Å². The standard InChI is InChI=1S/C33H29N3O11/c1-42-25(37)18-23-26(33(41)43-2)34-35-36(23)29-28(47-32(40)22-16-10-5-11-17-22)27(46-31(39)21-14-8-4-9-15-21)24(45-29)19-44-30(38)20-12-6-3-7-13-20/h3-17,24,27-29H,18-19H2,1-2H3/t24-,27-,28-,29-/m1/s1. The van der Waals surface area contributed by atoms with Crippen molar-refractivity contribution in [1.82, 2.24) is 15.0 Å². The average molecular weight is 644 g/mol. The molecule has 0 N–H and O–H groups in total. The summed E-state index contributed by atoms with van der Waals surface area (Å²) in [6.45, 7) is -0.457. The van der Waals surface area contributed by atoms with Gasteiger partial charge in [-0.15, -0.1) is 5.10 Å². The van der Waals surface area contributed by atoms with Gasteiger partial charge in [-0.25, -0.2) is 23.9 Å². The molecule has 4 atom stereocenters. The molecule has 242 valence electrons. The normalized spacial score (nSPS) is 18.5. The van der Waals surface area contributed by atoms with E-state index >= 15 is 0 Å². The molecule has 1 aliphatic heterocycles. The maximum atomic E-state index is 13.4.